The zero-order chi connectivity index (χ0) is 17.6. The van der Waals surface area contributed by atoms with Gasteiger partial charge in [0, 0.05) is 12.1 Å². The molecule has 0 aliphatic heterocycles. The number of carbonyl (C=O) groups is 1. The molecular formula is C17H16F3NO3. The standard InChI is InChI=1S/C17H16F3NO3/c18-17(19,20)13-7-4-8-15(9-13)24-11-14(22)10-21-16(23)12-5-2-1-3-6-12/h1-9,14,22H,10-11H2,(H,21,23)/t14-/m0/s1. The van der Waals surface area contributed by atoms with Crippen LogP contribution in [0.3, 0.4) is 0 Å². The summed E-state index contributed by atoms with van der Waals surface area (Å²) in [5.41, 5.74) is -0.379. The van der Waals surface area contributed by atoms with Gasteiger partial charge in [-0.2, -0.15) is 13.2 Å². The second-order valence-corrected chi connectivity index (χ2v) is 5.07. The zero-order valence-corrected chi connectivity index (χ0v) is 12.6. The van der Waals surface area contributed by atoms with E-state index in [2.05, 4.69) is 5.32 Å². The Balaban J connectivity index is 1.81. The number of hydrogen-bond donors (Lipinski definition) is 2. The number of nitrogens with one attached hydrogen (secondary N) is 1. The largest absolute Gasteiger partial charge is 0.491 e. The number of benzene rings is 2. The minimum atomic E-state index is -4.46. The molecule has 0 heterocycles. The first kappa shape index (κ1) is 17.8. The summed E-state index contributed by atoms with van der Waals surface area (Å²) in [7, 11) is 0. The molecule has 0 bridgehead atoms. The lowest BCUT2D eigenvalue weighted by atomic mass is 10.2. The van der Waals surface area contributed by atoms with E-state index >= 15 is 0 Å². The van der Waals surface area contributed by atoms with Crippen molar-refractivity contribution in [3.05, 3.63) is 65.7 Å². The van der Waals surface area contributed by atoms with Gasteiger partial charge in [-0.15, -0.1) is 0 Å². The van der Waals surface area contributed by atoms with Crippen molar-refractivity contribution < 1.29 is 27.8 Å². The number of aliphatic hydroxyl groups is 1. The van der Waals surface area contributed by atoms with Crippen molar-refractivity contribution >= 4 is 5.91 Å². The summed E-state index contributed by atoms with van der Waals surface area (Å²) >= 11 is 0. The van der Waals surface area contributed by atoms with Gasteiger partial charge in [-0.05, 0) is 30.3 Å². The quantitative estimate of drug-likeness (QED) is 0.851. The average molecular weight is 339 g/mol. The van der Waals surface area contributed by atoms with Gasteiger partial charge in [0.2, 0.25) is 0 Å². The summed E-state index contributed by atoms with van der Waals surface area (Å²) in [5.74, 6) is -0.355. The lowest BCUT2D eigenvalue weighted by Gasteiger charge is -2.14. The van der Waals surface area contributed by atoms with E-state index in [9.17, 15) is 23.1 Å². The van der Waals surface area contributed by atoms with Crippen LogP contribution in [0.4, 0.5) is 13.2 Å². The summed E-state index contributed by atoms with van der Waals surface area (Å²) in [5, 5.41) is 12.3. The van der Waals surface area contributed by atoms with E-state index < -0.39 is 17.8 Å². The van der Waals surface area contributed by atoms with Gasteiger partial charge >= 0.3 is 6.18 Å². The van der Waals surface area contributed by atoms with E-state index in [0.717, 1.165) is 12.1 Å². The third kappa shape index (κ3) is 5.27. The molecular weight excluding hydrogens is 323 g/mol. The molecule has 0 fully saturated rings. The molecule has 1 atom stereocenters. The molecule has 0 saturated heterocycles. The Kier molecular flexibility index (Phi) is 5.81. The topological polar surface area (TPSA) is 58.6 Å². The summed E-state index contributed by atoms with van der Waals surface area (Å²) in [6.45, 7) is -0.316. The normalized spacial score (nSPS) is 12.5. The molecule has 2 rings (SSSR count). The molecule has 24 heavy (non-hydrogen) atoms. The van der Waals surface area contributed by atoms with Crippen LogP contribution in [-0.2, 0) is 6.18 Å². The number of rotatable bonds is 6. The van der Waals surface area contributed by atoms with Crippen LogP contribution in [0.5, 0.6) is 5.75 Å². The van der Waals surface area contributed by atoms with Crippen LogP contribution >= 0.6 is 0 Å². The van der Waals surface area contributed by atoms with Gasteiger partial charge in [-0.3, -0.25) is 4.79 Å². The molecule has 0 saturated carbocycles. The number of ether oxygens (including phenoxy) is 1. The minimum absolute atomic E-state index is 0.00161. The number of carbonyl (C=O) groups excluding carboxylic acids is 1. The van der Waals surface area contributed by atoms with Crippen molar-refractivity contribution in [1.82, 2.24) is 5.32 Å². The monoisotopic (exact) mass is 339 g/mol. The van der Waals surface area contributed by atoms with Crippen molar-refractivity contribution in [3.8, 4) is 5.75 Å². The van der Waals surface area contributed by atoms with E-state index in [4.69, 9.17) is 4.74 Å². The van der Waals surface area contributed by atoms with E-state index in [1.54, 1.807) is 30.3 Å². The third-order valence-electron chi connectivity index (χ3n) is 3.14. The molecule has 128 valence electrons. The van der Waals surface area contributed by atoms with Gasteiger partial charge in [0.15, 0.2) is 0 Å². The second-order valence-electron chi connectivity index (χ2n) is 5.07. The minimum Gasteiger partial charge on any atom is -0.491 e. The first-order valence-corrected chi connectivity index (χ1v) is 7.17. The van der Waals surface area contributed by atoms with Crippen LogP contribution in [0.2, 0.25) is 0 Å². The molecule has 4 nitrogen and oxygen atoms in total. The molecule has 1 amide bonds. The van der Waals surface area contributed by atoms with Crippen LogP contribution in [-0.4, -0.2) is 30.3 Å². The molecule has 0 aromatic heterocycles. The fraction of sp³-hybridized carbons (Fsp3) is 0.235. The highest BCUT2D eigenvalue weighted by Gasteiger charge is 2.30. The maximum atomic E-state index is 12.6. The van der Waals surface area contributed by atoms with Crippen molar-refractivity contribution in [2.45, 2.75) is 12.3 Å². The number of halogens is 3. The zero-order valence-electron chi connectivity index (χ0n) is 12.6. The van der Waals surface area contributed by atoms with Crippen LogP contribution < -0.4 is 10.1 Å². The molecule has 2 aromatic rings. The van der Waals surface area contributed by atoms with Crippen LogP contribution in [0.15, 0.2) is 54.6 Å². The molecule has 0 spiro atoms. The highest BCUT2D eigenvalue weighted by atomic mass is 19.4. The molecule has 0 aliphatic carbocycles. The predicted octanol–water partition coefficient (Wildman–Crippen LogP) is 2.88. The molecule has 2 aromatic carbocycles. The molecule has 0 radical (unpaired) electrons. The average Bonchev–Trinajstić information content (AvgIpc) is 2.58. The number of hydrogen-bond acceptors (Lipinski definition) is 3. The molecule has 7 heteroatoms. The lowest BCUT2D eigenvalue weighted by Crippen LogP contribution is -2.35. The number of alkyl halides is 3. The van der Waals surface area contributed by atoms with Gasteiger partial charge in [-0.1, -0.05) is 24.3 Å². The van der Waals surface area contributed by atoms with Crippen molar-refractivity contribution in [2.75, 3.05) is 13.2 Å². The van der Waals surface area contributed by atoms with Gasteiger partial charge in [0.1, 0.15) is 18.5 Å². The second kappa shape index (κ2) is 7.83. The van der Waals surface area contributed by atoms with E-state index in [1.807, 2.05) is 0 Å². The summed E-state index contributed by atoms with van der Waals surface area (Å²) < 4.78 is 42.9. The number of amides is 1. The first-order valence-electron chi connectivity index (χ1n) is 7.17. The van der Waals surface area contributed by atoms with Crippen molar-refractivity contribution in [3.63, 3.8) is 0 Å². The maximum absolute atomic E-state index is 12.6. The van der Waals surface area contributed by atoms with Gasteiger partial charge in [0.05, 0.1) is 5.56 Å². The van der Waals surface area contributed by atoms with Crippen LogP contribution in [0.25, 0.3) is 0 Å². The fourth-order valence-corrected chi connectivity index (χ4v) is 1.92. The maximum Gasteiger partial charge on any atom is 0.416 e. The summed E-state index contributed by atoms with van der Waals surface area (Å²) in [6.07, 6.45) is -5.51. The molecule has 2 N–H and O–H groups in total. The highest BCUT2D eigenvalue weighted by Crippen LogP contribution is 2.31. The summed E-state index contributed by atoms with van der Waals surface area (Å²) in [4.78, 5) is 11.8. The Morgan fingerprint density at radius 2 is 1.83 bits per heavy atom. The Hall–Kier alpha value is -2.54. The van der Waals surface area contributed by atoms with Crippen LogP contribution in [0, 0.1) is 0 Å². The Morgan fingerprint density at radius 3 is 2.50 bits per heavy atom. The van der Waals surface area contributed by atoms with Crippen molar-refractivity contribution in [1.29, 1.82) is 0 Å². The SMILES string of the molecule is O=C(NC[C@H](O)COc1cccc(C(F)(F)F)c1)c1ccccc1. The van der Waals surface area contributed by atoms with Gasteiger partial charge in [-0.25, -0.2) is 0 Å². The first-order chi connectivity index (χ1) is 11.4. The van der Waals surface area contributed by atoms with Gasteiger partial charge in [0.25, 0.3) is 5.91 Å². The fourth-order valence-electron chi connectivity index (χ4n) is 1.92. The van der Waals surface area contributed by atoms with E-state index in [1.165, 1.54) is 12.1 Å². The molecule has 0 unspecified atom stereocenters. The Bertz CT molecular complexity index is 674. The Morgan fingerprint density at radius 1 is 1.12 bits per heavy atom. The third-order valence-corrected chi connectivity index (χ3v) is 3.14. The highest BCUT2D eigenvalue weighted by molar-refractivity contribution is 5.94. The van der Waals surface area contributed by atoms with Crippen molar-refractivity contribution in [2.24, 2.45) is 0 Å². The van der Waals surface area contributed by atoms with Crippen LogP contribution in [0.1, 0.15) is 15.9 Å². The molecule has 0 aliphatic rings. The van der Waals surface area contributed by atoms with E-state index in [-0.39, 0.29) is 24.8 Å². The number of aliphatic hydroxyl groups excluding tert-OH is 1. The Labute approximate surface area is 136 Å². The van der Waals surface area contributed by atoms with E-state index in [0.29, 0.717) is 5.56 Å². The summed E-state index contributed by atoms with van der Waals surface area (Å²) in [6, 6.07) is 12.8. The van der Waals surface area contributed by atoms with Gasteiger partial charge < -0.3 is 15.2 Å². The lowest BCUT2D eigenvalue weighted by molar-refractivity contribution is -0.137. The predicted molar refractivity (Wildman–Crippen MR) is 81.7 cm³/mol. The smallest absolute Gasteiger partial charge is 0.416 e.